The molecule has 4 atom stereocenters. The average Bonchev–Trinajstić information content (AvgIpc) is 2.42. The highest BCUT2D eigenvalue weighted by Crippen LogP contribution is 2.70. The molecule has 3 nitrogen and oxygen atoms in total. The molecule has 0 aromatic rings. The monoisotopic (exact) mass is 286 g/mol. The molecule has 0 radical (unpaired) electrons. The topological polar surface area (TPSA) is 51.2 Å². The Morgan fingerprint density at radius 1 is 0.810 bits per heavy atom. The van der Waals surface area contributed by atoms with E-state index in [9.17, 15) is 14.4 Å². The second kappa shape index (κ2) is 3.63. The molecule has 3 heteroatoms. The molecule has 4 rings (SSSR count). The summed E-state index contributed by atoms with van der Waals surface area (Å²) in [5.41, 5.74) is -0.00535. The van der Waals surface area contributed by atoms with Crippen LogP contribution in [0, 0.1) is 28.1 Å². The fourth-order valence-electron chi connectivity index (χ4n) is 5.24. The van der Waals surface area contributed by atoms with E-state index in [4.69, 9.17) is 0 Å². The molecule has 0 N–H and O–H groups in total. The Kier molecular flexibility index (Phi) is 2.49. The van der Waals surface area contributed by atoms with E-state index in [0.29, 0.717) is 0 Å². The number of ketones is 3. The Bertz CT molecular complexity index is 664. The van der Waals surface area contributed by atoms with Gasteiger partial charge in [-0.05, 0) is 32.9 Å². The number of carbonyl (C=O) groups excluding carboxylic acids is 3. The second-order valence-electron chi connectivity index (χ2n) is 7.70. The normalized spacial score (nSPS) is 44.4. The Morgan fingerprint density at radius 2 is 1.29 bits per heavy atom. The molecule has 112 valence electrons. The lowest BCUT2D eigenvalue weighted by Gasteiger charge is -2.65. The summed E-state index contributed by atoms with van der Waals surface area (Å²) in [5.74, 6) is -0.955. The lowest BCUT2D eigenvalue weighted by Crippen LogP contribution is -2.70. The van der Waals surface area contributed by atoms with Crippen molar-refractivity contribution in [3.05, 3.63) is 23.3 Å². The highest BCUT2D eigenvalue weighted by molar-refractivity contribution is 6.14. The van der Waals surface area contributed by atoms with E-state index in [2.05, 4.69) is 0 Å². The summed E-state index contributed by atoms with van der Waals surface area (Å²) < 4.78 is 0. The van der Waals surface area contributed by atoms with Gasteiger partial charge in [0, 0.05) is 22.7 Å². The molecule has 0 aromatic carbocycles. The third-order valence-corrected chi connectivity index (χ3v) is 7.06. The van der Waals surface area contributed by atoms with Crippen molar-refractivity contribution >= 4 is 17.3 Å². The van der Waals surface area contributed by atoms with E-state index >= 15 is 0 Å². The van der Waals surface area contributed by atoms with Crippen molar-refractivity contribution in [3.8, 4) is 0 Å². The largest absolute Gasteiger partial charge is 0.298 e. The fourth-order valence-corrected chi connectivity index (χ4v) is 5.24. The first-order chi connectivity index (χ1) is 9.52. The Morgan fingerprint density at radius 3 is 1.81 bits per heavy atom. The average molecular weight is 286 g/mol. The highest BCUT2D eigenvalue weighted by atomic mass is 16.1. The molecule has 21 heavy (non-hydrogen) atoms. The fraction of sp³-hybridized carbons (Fsp3) is 0.611. The van der Waals surface area contributed by atoms with Gasteiger partial charge in [-0.2, -0.15) is 0 Å². The molecule has 0 aromatic heterocycles. The van der Waals surface area contributed by atoms with Gasteiger partial charge in [0.25, 0.3) is 0 Å². The molecule has 2 bridgehead atoms. The van der Waals surface area contributed by atoms with E-state index in [0.717, 1.165) is 11.1 Å². The van der Waals surface area contributed by atoms with E-state index in [1.165, 1.54) is 12.2 Å². The number of fused-ring (bicyclic) bond motifs is 1. The number of hydrogen-bond donors (Lipinski definition) is 0. The van der Waals surface area contributed by atoms with E-state index in [1.54, 1.807) is 0 Å². The molecule has 0 heterocycles. The molecule has 1 fully saturated rings. The van der Waals surface area contributed by atoms with Gasteiger partial charge in [-0.3, -0.25) is 14.4 Å². The van der Waals surface area contributed by atoms with Crippen LogP contribution in [0.25, 0.3) is 0 Å². The summed E-state index contributed by atoms with van der Waals surface area (Å²) in [4.78, 5) is 38.3. The van der Waals surface area contributed by atoms with Gasteiger partial charge in [0.05, 0.1) is 5.41 Å². The van der Waals surface area contributed by atoms with Gasteiger partial charge >= 0.3 is 0 Å². The van der Waals surface area contributed by atoms with Crippen molar-refractivity contribution in [1.29, 1.82) is 0 Å². The number of allylic oxidation sites excluding steroid dienone is 4. The van der Waals surface area contributed by atoms with Crippen LogP contribution in [0.3, 0.4) is 0 Å². The number of rotatable bonds is 0. The minimum absolute atomic E-state index is 0.0132. The predicted molar refractivity (Wildman–Crippen MR) is 79.5 cm³/mol. The molecule has 4 aliphatic carbocycles. The Hall–Kier alpha value is -1.51. The summed E-state index contributed by atoms with van der Waals surface area (Å²) in [6.45, 7) is 11.7. The smallest absolute Gasteiger partial charge is 0.160 e. The van der Waals surface area contributed by atoms with E-state index < -0.39 is 28.1 Å². The Labute approximate surface area is 125 Å². The van der Waals surface area contributed by atoms with Crippen LogP contribution < -0.4 is 0 Å². The van der Waals surface area contributed by atoms with Crippen molar-refractivity contribution in [3.63, 3.8) is 0 Å². The van der Waals surface area contributed by atoms with Gasteiger partial charge in [0.2, 0.25) is 0 Å². The van der Waals surface area contributed by atoms with Crippen molar-refractivity contribution < 1.29 is 14.4 Å². The quantitative estimate of drug-likeness (QED) is 0.643. The number of hydrogen-bond acceptors (Lipinski definition) is 3. The van der Waals surface area contributed by atoms with Crippen LogP contribution in [0.5, 0.6) is 0 Å². The summed E-state index contributed by atoms with van der Waals surface area (Å²) in [5, 5.41) is 0. The lowest BCUT2D eigenvalue weighted by atomic mass is 9.34. The SMILES string of the molecule is CC1=C(C)[C@@]2(C)[C@H]3C(=O)C=CC(=O)[C@@H]3[C@]1(C)C(=O)C2(C)C. The van der Waals surface area contributed by atoms with Gasteiger partial charge in [0.15, 0.2) is 11.6 Å². The third-order valence-electron chi connectivity index (χ3n) is 7.06. The highest BCUT2D eigenvalue weighted by Gasteiger charge is 2.73. The second-order valence-corrected chi connectivity index (χ2v) is 7.70. The van der Waals surface area contributed by atoms with Gasteiger partial charge in [0.1, 0.15) is 5.78 Å². The zero-order chi connectivity index (χ0) is 16.0. The van der Waals surface area contributed by atoms with Crippen LogP contribution in [0.4, 0.5) is 0 Å². The minimum Gasteiger partial charge on any atom is -0.298 e. The minimum atomic E-state index is -0.854. The molecular weight excluding hydrogens is 264 g/mol. The van der Waals surface area contributed by atoms with Crippen LogP contribution in [0.1, 0.15) is 41.5 Å². The standard InChI is InChI=1S/C18H22O3/c1-9-10(2)18(6)14-12(20)8-7-11(19)13(14)17(9,5)15(21)16(18,3)4/h7-8,13-14H,1-6H3/t13-,14-,17+,18-/m0/s1. The number of carbonyl (C=O) groups is 3. The first-order valence-corrected chi connectivity index (χ1v) is 7.51. The van der Waals surface area contributed by atoms with Crippen LogP contribution in [0.2, 0.25) is 0 Å². The van der Waals surface area contributed by atoms with Crippen LogP contribution in [0.15, 0.2) is 23.3 Å². The maximum atomic E-state index is 13.2. The molecule has 4 aliphatic rings. The maximum Gasteiger partial charge on any atom is 0.160 e. The van der Waals surface area contributed by atoms with Crippen LogP contribution >= 0.6 is 0 Å². The molecular formula is C18H22O3. The summed E-state index contributed by atoms with van der Waals surface area (Å²) in [6.07, 6.45) is 2.77. The maximum absolute atomic E-state index is 13.2. The summed E-state index contributed by atoms with van der Waals surface area (Å²) in [6, 6.07) is 0. The first kappa shape index (κ1) is 14.4. The van der Waals surface area contributed by atoms with Gasteiger partial charge in [-0.15, -0.1) is 0 Å². The summed E-state index contributed by atoms with van der Waals surface area (Å²) in [7, 11) is 0. The van der Waals surface area contributed by atoms with Crippen LogP contribution in [-0.2, 0) is 14.4 Å². The molecule has 0 saturated heterocycles. The number of Topliss-reactive ketones (excluding diaryl/α,β-unsaturated/α-hetero) is 1. The van der Waals surface area contributed by atoms with Crippen molar-refractivity contribution in [2.45, 2.75) is 41.5 Å². The molecule has 1 saturated carbocycles. The zero-order valence-corrected chi connectivity index (χ0v) is 13.5. The van der Waals surface area contributed by atoms with Gasteiger partial charge in [-0.25, -0.2) is 0 Å². The predicted octanol–water partition coefficient (Wildman–Crippen LogP) is 2.90. The van der Waals surface area contributed by atoms with Crippen molar-refractivity contribution in [2.24, 2.45) is 28.1 Å². The third kappa shape index (κ3) is 1.21. The zero-order valence-electron chi connectivity index (χ0n) is 13.5. The molecule has 0 unspecified atom stereocenters. The van der Waals surface area contributed by atoms with E-state index in [-0.39, 0.29) is 17.3 Å². The van der Waals surface area contributed by atoms with Crippen molar-refractivity contribution in [2.75, 3.05) is 0 Å². The van der Waals surface area contributed by atoms with E-state index in [1.807, 2.05) is 41.5 Å². The Balaban J connectivity index is 2.45. The molecule has 0 spiro atoms. The first-order valence-electron chi connectivity index (χ1n) is 7.51. The molecule has 0 aliphatic heterocycles. The van der Waals surface area contributed by atoms with Gasteiger partial charge in [-0.1, -0.05) is 31.9 Å². The van der Waals surface area contributed by atoms with Crippen molar-refractivity contribution in [1.82, 2.24) is 0 Å². The lowest BCUT2D eigenvalue weighted by molar-refractivity contribution is -0.174. The van der Waals surface area contributed by atoms with Crippen LogP contribution in [-0.4, -0.2) is 17.3 Å². The summed E-state index contributed by atoms with van der Waals surface area (Å²) >= 11 is 0. The van der Waals surface area contributed by atoms with Gasteiger partial charge < -0.3 is 0 Å². The molecule has 0 amide bonds.